The molecule has 1 aromatic carbocycles. The lowest BCUT2D eigenvalue weighted by Gasteiger charge is -2.08. The third kappa shape index (κ3) is 4.50. The largest absolute Gasteiger partial charge is 0.456 e. The minimum absolute atomic E-state index is 0.216. The molecule has 1 N–H and O–H groups in total. The number of hydrogen-bond donors (Lipinski definition) is 1. The Morgan fingerprint density at radius 2 is 2.25 bits per heavy atom. The molecule has 1 atom stereocenters. The van der Waals surface area contributed by atoms with Crippen molar-refractivity contribution in [1.29, 1.82) is 0 Å². The number of allylic oxidation sites excluding steroid dienone is 2. The molecule has 5 heteroatoms. The van der Waals surface area contributed by atoms with Gasteiger partial charge in [-0.2, -0.15) is 0 Å². The Balaban J connectivity index is 1.71. The van der Waals surface area contributed by atoms with Gasteiger partial charge in [-0.05, 0) is 37.0 Å². The van der Waals surface area contributed by atoms with E-state index in [0.717, 1.165) is 12.8 Å². The highest BCUT2D eigenvalue weighted by atomic mass is 19.1. The van der Waals surface area contributed by atoms with Crippen molar-refractivity contribution in [2.45, 2.75) is 19.3 Å². The third-order valence-electron chi connectivity index (χ3n) is 3.01. The van der Waals surface area contributed by atoms with Gasteiger partial charge in [-0.3, -0.25) is 9.59 Å². The van der Waals surface area contributed by atoms with Crippen molar-refractivity contribution >= 4 is 17.6 Å². The van der Waals surface area contributed by atoms with Crippen LogP contribution >= 0.6 is 0 Å². The Morgan fingerprint density at radius 3 is 2.95 bits per heavy atom. The van der Waals surface area contributed by atoms with Crippen LogP contribution in [0.15, 0.2) is 36.4 Å². The molecule has 4 nitrogen and oxygen atoms in total. The molecule has 0 saturated carbocycles. The molecule has 0 aromatic heterocycles. The maximum Gasteiger partial charge on any atom is 0.306 e. The fourth-order valence-electron chi connectivity index (χ4n) is 2.05. The average molecular weight is 277 g/mol. The van der Waals surface area contributed by atoms with Crippen LogP contribution in [0, 0.1) is 11.7 Å². The van der Waals surface area contributed by atoms with E-state index in [2.05, 4.69) is 5.32 Å². The lowest BCUT2D eigenvalue weighted by molar-refractivity contribution is -0.147. The second-order valence-corrected chi connectivity index (χ2v) is 4.69. The monoisotopic (exact) mass is 277 g/mol. The fourth-order valence-corrected chi connectivity index (χ4v) is 2.05. The second-order valence-electron chi connectivity index (χ2n) is 4.69. The normalized spacial score (nSPS) is 16.9. The van der Waals surface area contributed by atoms with Crippen LogP contribution in [-0.4, -0.2) is 18.5 Å². The predicted molar refractivity (Wildman–Crippen MR) is 72.5 cm³/mol. The SMILES string of the molecule is O=C(COC(=O)C[C@@H]1C=CCC1)Nc1cccc(F)c1. The van der Waals surface area contributed by atoms with Gasteiger partial charge in [0.1, 0.15) is 5.82 Å². The van der Waals surface area contributed by atoms with Crippen LogP contribution in [0.2, 0.25) is 0 Å². The molecule has 106 valence electrons. The summed E-state index contributed by atoms with van der Waals surface area (Å²) in [5.74, 6) is -1.09. The van der Waals surface area contributed by atoms with E-state index in [1.54, 1.807) is 6.07 Å². The molecule has 0 unspecified atom stereocenters. The highest BCUT2D eigenvalue weighted by molar-refractivity contribution is 5.92. The number of hydrogen-bond acceptors (Lipinski definition) is 3. The lowest BCUT2D eigenvalue weighted by Crippen LogP contribution is -2.21. The number of carbonyl (C=O) groups is 2. The summed E-state index contributed by atoms with van der Waals surface area (Å²) in [5, 5.41) is 2.46. The molecular formula is C15H16FNO3. The molecule has 0 saturated heterocycles. The predicted octanol–water partition coefficient (Wildman–Crippen LogP) is 2.66. The number of anilines is 1. The summed E-state index contributed by atoms with van der Waals surface area (Å²) in [6.45, 7) is -0.355. The smallest absolute Gasteiger partial charge is 0.306 e. The van der Waals surface area contributed by atoms with E-state index in [1.165, 1.54) is 18.2 Å². The van der Waals surface area contributed by atoms with E-state index in [1.807, 2.05) is 12.2 Å². The maximum atomic E-state index is 12.9. The molecule has 1 aliphatic carbocycles. The lowest BCUT2D eigenvalue weighted by atomic mass is 10.1. The first kappa shape index (κ1) is 14.2. The molecule has 0 heterocycles. The van der Waals surface area contributed by atoms with Crippen molar-refractivity contribution in [3.8, 4) is 0 Å². The van der Waals surface area contributed by atoms with Crippen LogP contribution < -0.4 is 5.32 Å². The summed E-state index contributed by atoms with van der Waals surface area (Å²) in [7, 11) is 0. The van der Waals surface area contributed by atoms with Crippen LogP contribution in [-0.2, 0) is 14.3 Å². The van der Waals surface area contributed by atoms with Crippen molar-refractivity contribution in [3.63, 3.8) is 0 Å². The van der Waals surface area contributed by atoms with Crippen molar-refractivity contribution in [2.75, 3.05) is 11.9 Å². The zero-order chi connectivity index (χ0) is 14.4. The number of esters is 1. The first-order valence-electron chi connectivity index (χ1n) is 6.51. The van der Waals surface area contributed by atoms with Gasteiger partial charge in [0.05, 0.1) is 6.42 Å². The van der Waals surface area contributed by atoms with Crippen LogP contribution in [0.3, 0.4) is 0 Å². The van der Waals surface area contributed by atoms with Crippen molar-refractivity contribution in [1.82, 2.24) is 0 Å². The molecule has 0 bridgehead atoms. The zero-order valence-corrected chi connectivity index (χ0v) is 11.0. The molecule has 1 aromatic rings. The average Bonchev–Trinajstić information content (AvgIpc) is 2.89. The standard InChI is InChI=1S/C15H16FNO3/c16-12-6-3-7-13(9-12)17-14(18)10-20-15(19)8-11-4-1-2-5-11/h1,3-4,6-7,9,11H,2,5,8,10H2,(H,17,18)/t11-/m1/s1. The summed E-state index contributed by atoms with van der Waals surface area (Å²) in [4.78, 5) is 23.1. The first-order valence-corrected chi connectivity index (χ1v) is 6.51. The van der Waals surface area contributed by atoms with E-state index < -0.39 is 17.7 Å². The number of nitrogens with one attached hydrogen (secondary N) is 1. The van der Waals surface area contributed by atoms with E-state index in [4.69, 9.17) is 4.74 Å². The van der Waals surface area contributed by atoms with E-state index >= 15 is 0 Å². The molecule has 0 radical (unpaired) electrons. The summed E-state index contributed by atoms with van der Waals surface area (Å²) in [6, 6.07) is 5.53. The Hall–Kier alpha value is -2.17. The Labute approximate surface area is 116 Å². The fraction of sp³-hybridized carbons (Fsp3) is 0.333. The van der Waals surface area contributed by atoms with Gasteiger partial charge in [-0.25, -0.2) is 4.39 Å². The molecule has 0 aliphatic heterocycles. The van der Waals surface area contributed by atoms with Gasteiger partial charge in [0.2, 0.25) is 0 Å². The zero-order valence-electron chi connectivity index (χ0n) is 11.0. The van der Waals surface area contributed by atoms with Gasteiger partial charge >= 0.3 is 5.97 Å². The Kier molecular flexibility index (Phi) is 4.87. The molecule has 0 spiro atoms. The summed E-state index contributed by atoms with van der Waals surface area (Å²) in [5.41, 5.74) is 0.338. The second kappa shape index (κ2) is 6.84. The number of benzene rings is 1. The van der Waals surface area contributed by atoms with Gasteiger partial charge in [-0.1, -0.05) is 18.2 Å². The van der Waals surface area contributed by atoms with Crippen LogP contribution in [0.25, 0.3) is 0 Å². The summed E-state index contributed by atoms with van der Waals surface area (Å²) >= 11 is 0. The molecule has 1 aliphatic rings. The van der Waals surface area contributed by atoms with Gasteiger partial charge in [0, 0.05) is 5.69 Å². The van der Waals surface area contributed by atoms with Gasteiger partial charge in [0.25, 0.3) is 5.91 Å². The quantitative estimate of drug-likeness (QED) is 0.665. The van der Waals surface area contributed by atoms with E-state index in [0.29, 0.717) is 12.1 Å². The molecule has 20 heavy (non-hydrogen) atoms. The highest BCUT2D eigenvalue weighted by Crippen LogP contribution is 2.20. The topological polar surface area (TPSA) is 55.4 Å². The highest BCUT2D eigenvalue weighted by Gasteiger charge is 2.16. The summed E-state index contributed by atoms with van der Waals surface area (Å²) < 4.78 is 17.8. The first-order chi connectivity index (χ1) is 9.63. The number of amides is 1. The van der Waals surface area contributed by atoms with Crippen LogP contribution in [0.1, 0.15) is 19.3 Å². The Morgan fingerprint density at radius 1 is 1.40 bits per heavy atom. The number of ether oxygens (including phenoxy) is 1. The third-order valence-corrected chi connectivity index (χ3v) is 3.01. The molecule has 0 fully saturated rings. The van der Waals surface area contributed by atoms with Crippen LogP contribution in [0.5, 0.6) is 0 Å². The van der Waals surface area contributed by atoms with Crippen molar-refractivity contribution in [3.05, 3.63) is 42.2 Å². The van der Waals surface area contributed by atoms with Gasteiger partial charge in [-0.15, -0.1) is 0 Å². The van der Waals surface area contributed by atoms with Crippen molar-refractivity contribution < 1.29 is 18.7 Å². The minimum Gasteiger partial charge on any atom is -0.456 e. The minimum atomic E-state index is -0.481. The molecular weight excluding hydrogens is 261 g/mol. The van der Waals surface area contributed by atoms with Crippen LogP contribution in [0.4, 0.5) is 10.1 Å². The van der Waals surface area contributed by atoms with Crippen molar-refractivity contribution in [2.24, 2.45) is 5.92 Å². The van der Waals surface area contributed by atoms with E-state index in [9.17, 15) is 14.0 Å². The number of carbonyl (C=O) groups excluding carboxylic acids is 2. The maximum absolute atomic E-state index is 12.9. The van der Waals surface area contributed by atoms with E-state index in [-0.39, 0.29) is 12.5 Å². The molecule has 1 amide bonds. The summed E-state index contributed by atoms with van der Waals surface area (Å²) in [6.07, 6.45) is 6.26. The molecule has 2 rings (SSSR count). The Bertz CT molecular complexity index is 528. The van der Waals surface area contributed by atoms with Gasteiger partial charge < -0.3 is 10.1 Å². The number of halogens is 1. The number of rotatable bonds is 5. The van der Waals surface area contributed by atoms with Gasteiger partial charge in [0.15, 0.2) is 6.61 Å².